The largest absolute Gasteiger partial charge is 0.480 e. The average Bonchev–Trinajstić information content (AvgIpc) is 3.20. The molecule has 2 heterocycles. The fourth-order valence-electron chi connectivity index (χ4n) is 4.07. The number of carboxylic acid groups (broad SMARTS) is 1. The fraction of sp³-hybridized carbons (Fsp3) is 0.360. The van der Waals surface area contributed by atoms with Gasteiger partial charge < -0.3 is 29.7 Å². The van der Waals surface area contributed by atoms with Crippen LogP contribution in [0.2, 0.25) is 0 Å². The summed E-state index contributed by atoms with van der Waals surface area (Å²) in [6, 6.07) is 14.3. The molecule has 0 saturated heterocycles. The lowest BCUT2D eigenvalue weighted by molar-refractivity contribution is -0.156. The zero-order valence-corrected chi connectivity index (χ0v) is 18.5. The Kier molecular flexibility index (Phi) is 6.51. The van der Waals surface area contributed by atoms with E-state index in [1.807, 2.05) is 36.4 Å². The summed E-state index contributed by atoms with van der Waals surface area (Å²) in [4.78, 5) is 15.9. The number of fused-ring (bicyclic) bond motifs is 1. The van der Waals surface area contributed by atoms with Crippen LogP contribution in [0.5, 0.6) is 11.5 Å². The molecule has 4 atom stereocenters. The number of aliphatic hydroxyl groups excluding tert-OH is 3. The molecule has 1 aliphatic heterocycles. The Hall–Kier alpha value is -3.20. The van der Waals surface area contributed by atoms with Gasteiger partial charge in [0.1, 0.15) is 35.6 Å². The molecule has 0 saturated carbocycles. The number of nitrogens with zero attached hydrogens (tertiary/aromatic N) is 2. The van der Waals surface area contributed by atoms with E-state index < -0.39 is 30.3 Å². The van der Waals surface area contributed by atoms with E-state index in [0.717, 1.165) is 11.3 Å². The van der Waals surface area contributed by atoms with Crippen molar-refractivity contribution in [1.29, 1.82) is 0 Å². The Morgan fingerprint density at radius 3 is 2.42 bits per heavy atom. The normalized spacial score (nSPS) is 22.2. The van der Waals surface area contributed by atoms with Crippen LogP contribution in [0.4, 0.5) is 0 Å². The van der Waals surface area contributed by atoms with Crippen molar-refractivity contribution < 1.29 is 30.0 Å². The van der Waals surface area contributed by atoms with Crippen molar-refractivity contribution in [3.8, 4) is 11.5 Å². The molecular formula is C25H28N2O6. The summed E-state index contributed by atoms with van der Waals surface area (Å²) in [7, 11) is 0. The maximum Gasteiger partial charge on any atom is 0.329 e. The zero-order chi connectivity index (χ0) is 23.7. The topological polar surface area (TPSA) is 125 Å². The Labute approximate surface area is 191 Å². The molecule has 0 amide bonds. The number of aryl methyl sites for hydroxylation is 2. The predicted octanol–water partition coefficient (Wildman–Crippen LogP) is 2.98. The molecule has 0 radical (unpaired) electrons. The molecule has 0 bridgehead atoms. The number of ether oxygens (including phenoxy) is 1. The van der Waals surface area contributed by atoms with Gasteiger partial charge in [0, 0.05) is 6.20 Å². The van der Waals surface area contributed by atoms with Crippen molar-refractivity contribution in [2.75, 3.05) is 0 Å². The minimum absolute atomic E-state index is 0.0390. The quantitative estimate of drug-likeness (QED) is 0.434. The number of carboxylic acids is 1. The van der Waals surface area contributed by atoms with Crippen molar-refractivity contribution in [1.82, 2.24) is 9.55 Å². The van der Waals surface area contributed by atoms with Gasteiger partial charge in [-0.1, -0.05) is 38.1 Å². The van der Waals surface area contributed by atoms with Gasteiger partial charge >= 0.3 is 5.97 Å². The first-order valence-corrected chi connectivity index (χ1v) is 11.0. The SMILES string of the molecule is CC(C)c1ccc(Oc2cccc(CCc3cn4c(n3)[C@H](O)[C@@H](O)[C@H](O)[C@H]4C(=O)O)c2)cc1. The van der Waals surface area contributed by atoms with Crippen molar-refractivity contribution in [3.63, 3.8) is 0 Å². The minimum atomic E-state index is -1.63. The highest BCUT2D eigenvalue weighted by molar-refractivity contribution is 5.73. The molecule has 3 aromatic rings. The summed E-state index contributed by atoms with van der Waals surface area (Å²) < 4.78 is 7.21. The van der Waals surface area contributed by atoms with E-state index >= 15 is 0 Å². The second-order valence-electron chi connectivity index (χ2n) is 8.68. The number of hydrogen-bond acceptors (Lipinski definition) is 6. The first-order chi connectivity index (χ1) is 15.7. The summed E-state index contributed by atoms with van der Waals surface area (Å²) in [5.41, 5.74) is 2.81. The van der Waals surface area contributed by atoms with Crippen molar-refractivity contribution in [3.05, 3.63) is 77.4 Å². The maximum absolute atomic E-state index is 11.6. The van der Waals surface area contributed by atoms with E-state index in [-0.39, 0.29) is 5.82 Å². The molecular weight excluding hydrogens is 424 g/mol. The third-order valence-electron chi connectivity index (χ3n) is 5.98. The number of hydrogen-bond donors (Lipinski definition) is 4. The Balaban J connectivity index is 1.46. The number of benzene rings is 2. The van der Waals surface area contributed by atoms with Gasteiger partial charge in [0.05, 0.1) is 5.69 Å². The molecule has 0 fully saturated rings. The van der Waals surface area contributed by atoms with Crippen LogP contribution in [0.1, 0.15) is 54.6 Å². The van der Waals surface area contributed by atoms with E-state index in [1.165, 1.54) is 16.3 Å². The molecule has 174 valence electrons. The van der Waals surface area contributed by atoms with Crippen LogP contribution in [0, 0.1) is 0 Å². The molecule has 1 aromatic heterocycles. The lowest BCUT2D eigenvalue weighted by atomic mass is 9.96. The Morgan fingerprint density at radius 2 is 1.76 bits per heavy atom. The van der Waals surface area contributed by atoms with Gasteiger partial charge in [-0.25, -0.2) is 9.78 Å². The van der Waals surface area contributed by atoms with Crippen molar-refractivity contribution in [2.45, 2.75) is 57.0 Å². The lowest BCUT2D eigenvalue weighted by Crippen LogP contribution is -2.47. The fourth-order valence-corrected chi connectivity index (χ4v) is 4.07. The average molecular weight is 453 g/mol. The van der Waals surface area contributed by atoms with Crippen LogP contribution in [0.15, 0.2) is 54.7 Å². The van der Waals surface area contributed by atoms with E-state index in [0.29, 0.717) is 30.2 Å². The Bertz CT molecular complexity index is 1120. The molecule has 4 rings (SSSR count). The molecule has 8 nitrogen and oxygen atoms in total. The van der Waals surface area contributed by atoms with Gasteiger partial charge in [-0.2, -0.15) is 0 Å². The van der Waals surface area contributed by atoms with Gasteiger partial charge in [0.15, 0.2) is 6.04 Å². The van der Waals surface area contributed by atoms with Crippen molar-refractivity contribution >= 4 is 5.97 Å². The summed E-state index contributed by atoms with van der Waals surface area (Å²) >= 11 is 0. The third-order valence-corrected chi connectivity index (χ3v) is 5.98. The Morgan fingerprint density at radius 1 is 1.03 bits per heavy atom. The van der Waals surface area contributed by atoms with Crippen LogP contribution in [-0.2, 0) is 17.6 Å². The first-order valence-electron chi connectivity index (χ1n) is 11.0. The summed E-state index contributed by atoms with van der Waals surface area (Å²) in [5.74, 6) is 0.655. The standard InChI is InChI=1S/C25H28N2O6/c1-14(2)16-7-10-18(11-8-16)33-19-5-3-4-15(12-19)6-9-17-13-27-20(25(31)32)21(28)22(29)23(30)24(27)26-17/h3-5,7-8,10-14,20-23,28-30H,6,9H2,1-2H3,(H,31,32)/t20-,21+,22-,23+/m0/s1. The van der Waals surface area contributed by atoms with Crippen LogP contribution in [-0.4, -0.2) is 48.2 Å². The third kappa shape index (κ3) is 4.78. The summed E-state index contributed by atoms with van der Waals surface area (Å²) in [6.45, 7) is 4.28. The van der Waals surface area contributed by atoms with Gasteiger partial charge in [-0.05, 0) is 54.2 Å². The lowest BCUT2D eigenvalue weighted by Gasteiger charge is -2.33. The first kappa shape index (κ1) is 23.0. The molecule has 0 spiro atoms. The minimum Gasteiger partial charge on any atom is -0.480 e. The molecule has 0 aliphatic carbocycles. The number of aliphatic carboxylic acids is 1. The molecule has 4 N–H and O–H groups in total. The number of aromatic nitrogens is 2. The van der Waals surface area contributed by atoms with E-state index in [1.54, 1.807) is 0 Å². The number of rotatable bonds is 7. The summed E-state index contributed by atoms with van der Waals surface area (Å²) in [6.07, 6.45) is -2.09. The molecule has 2 aromatic carbocycles. The second-order valence-corrected chi connectivity index (χ2v) is 8.68. The van der Waals surface area contributed by atoms with E-state index in [2.05, 4.69) is 31.0 Å². The maximum atomic E-state index is 11.6. The van der Waals surface area contributed by atoms with Gasteiger partial charge in [-0.3, -0.25) is 0 Å². The number of imidazole rings is 1. The monoisotopic (exact) mass is 452 g/mol. The predicted molar refractivity (Wildman–Crippen MR) is 120 cm³/mol. The number of aliphatic hydroxyl groups is 3. The second kappa shape index (κ2) is 9.35. The zero-order valence-electron chi connectivity index (χ0n) is 18.5. The van der Waals surface area contributed by atoms with Gasteiger partial charge in [0.2, 0.25) is 0 Å². The van der Waals surface area contributed by atoms with Crippen LogP contribution in [0.3, 0.4) is 0 Å². The highest BCUT2D eigenvalue weighted by atomic mass is 16.5. The highest BCUT2D eigenvalue weighted by Gasteiger charge is 2.45. The molecule has 0 unspecified atom stereocenters. The van der Waals surface area contributed by atoms with E-state index in [9.17, 15) is 25.2 Å². The molecule has 1 aliphatic rings. The van der Waals surface area contributed by atoms with Crippen LogP contribution >= 0.6 is 0 Å². The van der Waals surface area contributed by atoms with E-state index in [4.69, 9.17) is 4.74 Å². The molecule has 8 heteroatoms. The van der Waals surface area contributed by atoms with Crippen LogP contribution in [0.25, 0.3) is 0 Å². The molecule has 33 heavy (non-hydrogen) atoms. The van der Waals surface area contributed by atoms with Gasteiger partial charge in [-0.15, -0.1) is 0 Å². The highest BCUT2D eigenvalue weighted by Crippen LogP contribution is 2.33. The van der Waals surface area contributed by atoms with Crippen LogP contribution < -0.4 is 4.74 Å². The number of carbonyl (C=O) groups is 1. The summed E-state index contributed by atoms with van der Waals surface area (Å²) in [5, 5.41) is 39.8. The smallest absolute Gasteiger partial charge is 0.329 e. The van der Waals surface area contributed by atoms with Crippen molar-refractivity contribution in [2.24, 2.45) is 0 Å². The van der Waals surface area contributed by atoms with Gasteiger partial charge in [0.25, 0.3) is 0 Å².